The van der Waals surface area contributed by atoms with Gasteiger partial charge in [-0.15, -0.1) is 0 Å². The van der Waals surface area contributed by atoms with Crippen molar-refractivity contribution in [2.45, 2.75) is 33.7 Å². The van der Waals surface area contributed by atoms with Crippen molar-refractivity contribution in [3.8, 4) is 0 Å². The average Bonchev–Trinajstić information content (AvgIpc) is 2.17. The molecule has 0 aromatic heterocycles. The maximum Gasteiger partial charge on any atom is 0.220 e. The highest BCUT2D eigenvalue weighted by atomic mass is 35.5. The number of hydrogen-bond donors (Lipinski definition) is 1. The van der Waals surface area contributed by atoms with E-state index in [2.05, 4.69) is 5.32 Å². The summed E-state index contributed by atoms with van der Waals surface area (Å²) in [5.74, 6) is -0.442. The topological polar surface area (TPSA) is 29.1 Å². The summed E-state index contributed by atoms with van der Waals surface area (Å²) in [4.78, 5) is 11.6. The highest BCUT2D eigenvalue weighted by Gasteiger charge is 2.15. The predicted molar refractivity (Wildman–Crippen MR) is 67.3 cm³/mol. The fraction of sp³-hybridized carbons (Fsp3) is 0.462. The lowest BCUT2D eigenvalue weighted by Crippen LogP contribution is -2.27. The van der Waals surface area contributed by atoms with Crippen LogP contribution in [0.2, 0.25) is 5.02 Å². The second-order valence-corrected chi connectivity index (χ2v) is 5.69. The zero-order valence-electron chi connectivity index (χ0n) is 10.3. The van der Waals surface area contributed by atoms with E-state index in [1.165, 1.54) is 18.2 Å². The Labute approximate surface area is 106 Å². The van der Waals surface area contributed by atoms with Crippen molar-refractivity contribution in [1.82, 2.24) is 5.32 Å². The van der Waals surface area contributed by atoms with E-state index in [1.54, 1.807) is 0 Å². The Balaban J connectivity index is 2.56. The highest BCUT2D eigenvalue weighted by Crippen LogP contribution is 2.18. The van der Waals surface area contributed by atoms with Crippen molar-refractivity contribution in [2.75, 3.05) is 0 Å². The van der Waals surface area contributed by atoms with E-state index in [4.69, 9.17) is 11.6 Å². The van der Waals surface area contributed by atoms with Gasteiger partial charge in [-0.25, -0.2) is 4.39 Å². The summed E-state index contributed by atoms with van der Waals surface area (Å²) in [6.07, 6.45) is 0.412. The molecule has 0 fully saturated rings. The molecule has 1 rings (SSSR count). The maximum absolute atomic E-state index is 13.3. The lowest BCUT2D eigenvalue weighted by atomic mass is 9.92. The monoisotopic (exact) mass is 257 g/mol. The van der Waals surface area contributed by atoms with E-state index in [9.17, 15) is 9.18 Å². The van der Waals surface area contributed by atoms with Crippen molar-refractivity contribution < 1.29 is 9.18 Å². The van der Waals surface area contributed by atoms with Crippen LogP contribution in [0, 0.1) is 11.2 Å². The van der Waals surface area contributed by atoms with Crippen LogP contribution < -0.4 is 5.32 Å². The van der Waals surface area contributed by atoms with Crippen LogP contribution in [0.25, 0.3) is 0 Å². The number of carbonyl (C=O) groups excluding carboxylic acids is 1. The van der Waals surface area contributed by atoms with Crippen molar-refractivity contribution in [1.29, 1.82) is 0 Å². The van der Waals surface area contributed by atoms with Crippen molar-refractivity contribution >= 4 is 17.5 Å². The van der Waals surface area contributed by atoms with Crippen molar-refractivity contribution in [3.63, 3.8) is 0 Å². The molecule has 0 unspecified atom stereocenters. The minimum Gasteiger partial charge on any atom is -0.352 e. The van der Waals surface area contributed by atoms with Crippen LogP contribution in [-0.4, -0.2) is 5.91 Å². The van der Waals surface area contributed by atoms with Crippen LogP contribution in [-0.2, 0) is 11.3 Å². The van der Waals surface area contributed by atoms with Crippen molar-refractivity contribution in [3.05, 3.63) is 34.6 Å². The first-order valence-corrected chi connectivity index (χ1v) is 5.86. The van der Waals surface area contributed by atoms with Crippen LogP contribution in [0.3, 0.4) is 0 Å². The second kappa shape index (κ2) is 5.50. The smallest absolute Gasteiger partial charge is 0.220 e. The lowest BCUT2D eigenvalue weighted by molar-refractivity contribution is -0.122. The van der Waals surface area contributed by atoms with Gasteiger partial charge in [-0.3, -0.25) is 4.79 Å². The molecular formula is C13H17ClFNO. The summed E-state index contributed by atoms with van der Waals surface area (Å²) in [6, 6.07) is 4.30. The normalized spacial score (nSPS) is 11.4. The average molecular weight is 258 g/mol. The van der Waals surface area contributed by atoms with Gasteiger partial charge in [0.2, 0.25) is 5.91 Å². The van der Waals surface area contributed by atoms with Crippen LogP contribution in [0.1, 0.15) is 32.8 Å². The van der Waals surface area contributed by atoms with Gasteiger partial charge in [-0.2, -0.15) is 0 Å². The number of amides is 1. The Hall–Kier alpha value is -1.09. The Morgan fingerprint density at radius 1 is 1.41 bits per heavy atom. The third-order valence-corrected chi connectivity index (χ3v) is 2.41. The molecule has 0 spiro atoms. The van der Waals surface area contributed by atoms with Gasteiger partial charge in [0.05, 0.1) is 0 Å². The van der Waals surface area contributed by atoms with Crippen LogP contribution in [0.15, 0.2) is 18.2 Å². The van der Waals surface area contributed by atoms with E-state index in [0.29, 0.717) is 17.0 Å². The van der Waals surface area contributed by atoms with E-state index in [1.807, 2.05) is 20.8 Å². The first-order chi connectivity index (χ1) is 7.78. The van der Waals surface area contributed by atoms with Crippen LogP contribution >= 0.6 is 11.6 Å². The number of benzene rings is 1. The number of hydrogen-bond acceptors (Lipinski definition) is 1. The Morgan fingerprint density at radius 3 is 2.65 bits per heavy atom. The summed E-state index contributed by atoms with van der Waals surface area (Å²) >= 11 is 5.76. The highest BCUT2D eigenvalue weighted by molar-refractivity contribution is 6.30. The summed E-state index contributed by atoms with van der Waals surface area (Å²) in [5.41, 5.74) is 0.330. The zero-order valence-corrected chi connectivity index (χ0v) is 11.1. The number of rotatable bonds is 3. The molecule has 1 amide bonds. The molecule has 4 heteroatoms. The predicted octanol–water partition coefficient (Wildman–Crippen LogP) is 3.53. The fourth-order valence-corrected chi connectivity index (χ4v) is 1.61. The first kappa shape index (κ1) is 14.0. The third kappa shape index (κ3) is 5.18. The summed E-state index contributed by atoms with van der Waals surface area (Å²) in [6.45, 7) is 6.10. The molecule has 0 aliphatic rings. The van der Waals surface area contributed by atoms with E-state index < -0.39 is 0 Å². The summed E-state index contributed by atoms with van der Waals surface area (Å²) < 4.78 is 13.3. The molecule has 94 valence electrons. The fourth-order valence-electron chi connectivity index (χ4n) is 1.42. The molecule has 1 aromatic carbocycles. The van der Waals surface area contributed by atoms with Crippen LogP contribution in [0.4, 0.5) is 4.39 Å². The molecule has 2 nitrogen and oxygen atoms in total. The van der Waals surface area contributed by atoms with Gasteiger partial charge in [-0.05, 0) is 23.6 Å². The minimum absolute atomic E-state index is 0.0725. The van der Waals surface area contributed by atoms with Gasteiger partial charge >= 0.3 is 0 Å². The van der Waals surface area contributed by atoms with Crippen molar-refractivity contribution in [2.24, 2.45) is 5.41 Å². The molecule has 1 aromatic rings. The molecule has 0 bridgehead atoms. The number of halogens is 2. The van der Waals surface area contributed by atoms with E-state index >= 15 is 0 Å². The Bertz CT molecular complexity index is 412. The molecular weight excluding hydrogens is 241 g/mol. The van der Waals surface area contributed by atoms with E-state index in [-0.39, 0.29) is 23.7 Å². The van der Waals surface area contributed by atoms with Gasteiger partial charge in [0.15, 0.2) is 0 Å². The third-order valence-electron chi connectivity index (χ3n) is 2.17. The SMILES string of the molecule is CC(C)(C)CC(=O)NCc1cc(Cl)ccc1F. The zero-order chi connectivity index (χ0) is 13.1. The molecule has 0 saturated heterocycles. The molecule has 0 radical (unpaired) electrons. The minimum atomic E-state index is -0.356. The first-order valence-electron chi connectivity index (χ1n) is 5.48. The largest absolute Gasteiger partial charge is 0.352 e. The maximum atomic E-state index is 13.3. The summed E-state index contributed by atoms with van der Waals surface area (Å²) in [5, 5.41) is 3.15. The molecule has 0 aliphatic carbocycles. The van der Waals surface area contributed by atoms with Crippen LogP contribution in [0.5, 0.6) is 0 Å². The van der Waals surface area contributed by atoms with Gasteiger partial charge in [0, 0.05) is 23.6 Å². The molecule has 0 heterocycles. The Morgan fingerprint density at radius 2 is 2.06 bits per heavy atom. The molecule has 0 saturated carbocycles. The molecule has 17 heavy (non-hydrogen) atoms. The second-order valence-electron chi connectivity index (χ2n) is 5.25. The van der Waals surface area contributed by atoms with Gasteiger partial charge in [0.25, 0.3) is 0 Å². The lowest BCUT2D eigenvalue weighted by Gasteiger charge is -2.17. The standard InChI is InChI=1S/C13H17ClFNO/c1-13(2,3)7-12(17)16-8-9-6-10(14)4-5-11(9)15/h4-6H,7-8H2,1-3H3,(H,16,17). The van der Waals surface area contributed by atoms with E-state index in [0.717, 1.165) is 0 Å². The van der Waals surface area contributed by atoms with Gasteiger partial charge in [-0.1, -0.05) is 32.4 Å². The quantitative estimate of drug-likeness (QED) is 0.882. The number of carbonyl (C=O) groups is 1. The molecule has 1 N–H and O–H groups in total. The Kier molecular flexibility index (Phi) is 4.52. The van der Waals surface area contributed by atoms with Gasteiger partial charge < -0.3 is 5.32 Å². The van der Waals surface area contributed by atoms with Gasteiger partial charge in [0.1, 0.15) is 5.82 Å². The molecule has 0 atom stereocenters. The summed E-state index contributed by atoms with van der Waals surface area (Å²) in [7, 11) is 0. The molecule has 0 aliphatic heterocycles. The number of nitrogens with one attached hydrogen (secondary N) is 1.